The van der Waals surface area contributed by atoms with Gasteiger partial charge in [-0.25, -0.2) is 17.6 Å². The largest absolute Gasteiger partial charge is 0.573 e. The van der Waals surface area contributed by atoms with Gasteiger partial charge in [0.05, 0.1) is 11.1 Å². The molecule has 0 aliphatic carbocycles. The fourth-order valence-corrected chi connectivity index (χ4v) is 1.95. The molecule has 2 aromatic rings. The first-order valence-electron chi connectivity index (χ1n) is 6.02. The van der Waals surface area contributed by atoms with Crippen LogP contribution in [0.1, 0.15) is 0 Å². The zero-order valence-corrected chi connectivity index (χ0v) is 11.6. The monoisotopic (exact) mass is 373 g/mol. The number of phenolic OH excluding ortho intramolecular Hbond substituents is 3. The van der Waals surface area contributed by atoms with Gasteiger partial charge in [-0.05, 0) is 0 Å². The van der Waals surface area contributed by atoms with Crippen LogP contribution in [0.3, 0.4) is 0 Å². The average molecular weight is 373 g/mol. The molecule has 25 heavy (non-hydrogen) atoms. The number of hydrogen-bond donors (Lipinski definition) is 4. The zero-order valence-electron chi connectivity index (χ0n) is 11.6. The van der Waals surface area contributed by atoms with Crippen molar-refractivity contribution < 1.29 is 50.8 Å². The standard InChI is InChI=1S/C13H6F7NO4/c14-6-5(7(15)9(17)10(21)8(6)16)4-2(22)1-3(23)12(11(4)24)25-13(18,19)20/h1,22-24H,21H2. The lowest BCUT2D eigenvalue weighted by atomic mass is 10.00. The maximum Gasteiger partial charge on any atom is 0.573 e. The summed E-state index contributed by atoms with van der Waals surface area (Å²) >= 11 is 0. The van der Waals surface area contributed by atoms with E-state index in [1.54, 1.807) is 0 Å². The lowest BCUT2D eigenvalue weighted by molar-refractivity contribution is -0.275. The molecule has 0 amide bonds. The Morgan fingerprint density at radius 2 is 1.28 bits per heavy atom. The first-order chi connectivity index (χ1) is 11.4. The lowest BCUT2D eigenvalue weighted by Crippen LogP contribution is -2.17. The van der Waals surface area contributed by atoms with Crippen molar-refractivity contribution >= 4 is 5.69 Å². The molecule has 0 aliphatic heterocycles. The number of nitrogens with two attached hydrogens (primary N) is 1. The van der Waals surface area contributed by atoms with E-state index in [0.29, 0.717) is 0 Å². The van der Waals surface area contributed by atoms with E-state index >= 15 is 0 Å². The molecule has 2 rings (SSSR count). The van der Waals surface area contributed by atoms with Crippen molar-refractivity contribution in [3.63, 3.8) is 0 Å². The van der Waals surface area contributed by atoms with Crippen molar-refractivity contribution in [2.75, 3.05) is 5.73 Å². The third kappa shape index (κ3) is 3.02. The number of benzene rings is 2. The Kier molecular flexibility index (Phi) is 4.24. The minimum atomic E-state index is -5.46. The molecule has 5 nitrogen and oxygen atoms in total. The Morgan fingerprint density at radius 3 is 1.72 bits per heavy atom. The van der Waals surface area contributed by atoms with Crippen LogP contribution in [0.15, 0.2) is 6.07 Å². The lowest BCUT2D eigenvalue weighted by Gasteiger charge is -2.17. The quantitative estimate of drug-likeness (QED) is 0.367. The highest BCUT2D eigenvalue weighted by molar-refractivity contribution is 5.83. The fourth-order valence-electron chi connectivity index (χ4n) is 1.95. The summed E-state index contributed by atoms with van der Waals surface area (Å²) in [5.41, 5.74) is -0.0446. The molecular weight excluding hydrogens is 367 g/mol. The molecule has 5 N–H and O–H groups in total. The van der Waals surface area contributed by atoms with Gasteiger partial charge in [-0.1, -0.05) is 0 Å². The summed E-state index contributed by atoms with van der Waals surface area (Å²) in [6.07, 6.45) is -5.46. The summed E-state index contributed by atoms with van der Waals surface area (Å²) in [4.78, 5) is 0. The maximum atomic E-state index is 13.9. The topological polar surface area (TPSA) is 95.9 Å². The number of nitrogen functional groups attached to an aromatic ring is 1. The molecule has 0 spiro atoms. The van der Waals surface area contributed by atoms with Gasteiger partial charge in [-0.2, -0.15) is 0 Å². The molecule has 12 heteroatoms. The van der Waals surface area contributed by atoms with E-state index in [4.69, 9.17) is 5.73 Å². The number of alkyl halides is 3. The van der Waals surface area contributed by atoms with Gasteiger partial charge in [0.25, 0.3) is 0 Å². The van der Waals surface area contributed by atoms with Crippen LogP contribution in [0.2, 0.25) is 0 Å². The molecule has 2 aromatic carbocycles. The number of rotatable bonds is 2. The van der Waals surface area contributed by atoms with Crippen LogP contribution in [-0.4, -0.2) is 21.7 Å². The third-order valence-electron chi connectivity index (χ3n) is 2.98. The first kappa shape index (κ1) is 18.3. The van der Waals surface area contributed by atoms with Crippen LogP contribution in [0.4, 0.5) is 36.4 Å². The van der Waals surface area contributed by atoms with Crippen molar-refractivity contribution in [2.45, 2.75) is 6.36 Å². The second kappa shape index (κ2) is 5.79. The van der Waals surface area contributed by atoms with Crippen LogP contribution in [-0.2, 0) is 0 Å². The molecule has 0 aromatic heterocycles. The predicted molar refractivity (Wildman–Crippen MR) is 67.8 cm³/mol. The summed E-state index contributed by atoms with van der Waals surface area (Å²) in [5.74, 6) is -15.1. The smallest absolute Gasteiger partial charge is 0.507 e. The van der Waals surface area contributed by atoms with Gasteiger partial charge < -0.3 is 25.8 Å². The molecule has 0 saturated carbocycles. The summed E-state index contributed by atoms with van der Waals surface area (Å²) in [6.45, 7) is 0. The fraction of sp³-hybridized carbons (Fsp3) is 0.0769. The molecular formula is C13H6F7NO4. The van der Waals surface area contributed by atoms with Crippen LogP contribution < -0.4 is 10.5 Å². The highest BCUT2D eigenvalue weighted by atomic mass is 19.4. The highest BCUT2D eigenvalue weighted by Crippen LogP contribution is 2.51. The molecule has 0 fully saturated rings. The predicted octanol–water partition coefficient (Wildman–Crippen LogP) is 3.51. The van der Waals surface area contributed by atoms with Gasteiger partial charge in [-0.15, -0.1) is 13.2 Å². The number of ether oxygens (including phenoxy) is 1. The van der Waals surface area contributed by atoms with Crippen LogP contribution >= 0.6 is 0 Å². The molecule has 0 saturated heterocycles. The zero-order chi connectivity index (χ0) is 19.3. The van der Waals surface area contributed by atoms with Gasteiger partial charge in [0.15, 0.2) is 34.8 Å². The van der Waals surface area contributed by atoms with E-state index in [2.05, 4.69) is 4.74 Å². The molecule has 0 heterocycles. The average Bonchev–Trinajstić information content (AvgIpc) is 2.49. The first-order valence-corrected chi connectivity index (χ1v) is 6.02. The Morgan fingerprint density at radius 1 is 0.800 bits per heavy atom. The maximum absolute atomic E-state index is 13.9. The van der Waals surface area contributed by atoms with Crippen LogP contribution in [0.25, 0.3) is 11.1 Å². The normalized spacial score (nSPS) is 11.6. The van der Waals surface area contributed by atoms with Crippen molar-refractivity contribution in [3.8, 4) is 34.1 Å². The van der Waals surface area contributed by atoms with Crippen LogP contribution in [0.5, 0.6) is 23.0 Å². The number of anilines is 1. The number of aromatic hydroxyl groups is 3. The second-order valence-electron chi connectivity index (χ2n) is 4.56. The van der Waals surface area contributed by atoms with Gasteiger partial charge in [0.2, 0.25) is 5.75 Å². The van der Waals surface area contributed by atoms with E-state index in [1.165, 1.54) is 0 Å². The Hall–Kier alpha value is -3.05. The van der Waals surface area contributed by atoms with E-state index in [0.717, 1.165) is 0 Å². The molecule has 0 aliphatic rings. The van der Waals surface area contributed by atoms with Crippen molar-refractivity contribution in [1.29, 1.82) is 0 Å². The van der Waals surface area contributed by atoms with Gasteiger partial charge in [-0.3, -0.25) is 0 Å². The summed E-state index contributed by atoms with van der Waals surface area (Å²) in [5, 5.41) is 28.6. The van der Waals surface area contributed by atoms with E-state index < -0.39 is 69.4 Å². The van der Waals surface area contributed by atoms with Gasteiger partial charge in [0.1, 0.15) is 11.4 Å². The van der Waals surface area contributed by atoms with Gasteiger partial charge in [0, 0.05) is 6.07 Å². The van der Waals surface area contributed by atoms with E-state index in [9.17, 15) is 46.1 Å². The van der Waals surface area contributed by atoms with Crippen molar-refractivity contribution in [2.24, 2.45) is 0 Å². The number of halogens is 7. The second-order valence-corrected chi connectivity index (χ2v) is 4.56. The molecule has 0 atom stereocenters. The molecule has 0 unspecified atom stereocenters. The van der Waals surface area contributed by atoms with Crippen LogP contribution in [0, 0.1) is 23.3 Å². The number of hydrogen-bond acceptors (Lipinski definition) is 5. The van der Waals surface area contributed by atoms with Crippen molar-refractivity contribution in [1.82, 2.24) is 0 Å². The summed E-state index contributed by atoms with van der Waals surface area (Å²) in [7, 11) is 0. The Labute approximate surface area is 133 Å². The third-order valence-corrected chi connectivity index (χ3v) is 2.98. The van der Waals surface area contributed by atoms with E-state index in [-0.39, 0.29) is 6.07 Å². The number of phenols is 3. The van der Waals surface area contributed by atoms with Crippen molar-refractivity contribution in [3.05, 3.63) is 29.3 Å². The summed E-state index contributed by atoms with van der Waals surface area (Å²) in [6, 6.07) is 0.112. The van der Waals surface area contributed by atoms with Gasteiger partial charge >= 0.3 is 6.36 Å². The van der Waals surface area contributed by atoms with E-state index in [1.807, 2.05) is 0 Å². The molecule has 0 bridgehead atoms. The summed E-state index contributed by atoms with van der Waals surface area (Å²) < 4.78 is 95.0. The Balaban J connectivity index is 2.88. The Bertz CT molecular complexity index is 838. The minimum Gasteiger partial charge on any atom is -0.507 e. The highest BCUT2D eigenvalue weighted by Gasteiger charge is 2.37. The SMILES string of the molecule is Nc1c(F)c(F)c(-c2c(O)cc(O)c(OC(F)(F)F)c2O)c(F)c1F. The minimum absolute atomic E-state index is 0.112. The molecule has 136 valence electrons. The molecule has 0 radical (unpaired) electrons.